The molecule has 0 saturated carbocycles. The summed E-state index contributed by atoms with van der Waals surface area (Å²) in [7, 11) is 0. The van der Waals surface area contributed by atoms with Crippen molar-refractivity contribution in [1.82, 2.24) is 29.2 Å². The van der Waals surface area contributed by atoms with Gasteiger partial charge < -0.3 is 14.8 Å². The quantitative estimate of drug-likeness (QED) is 0.718. The van der Waals surface area contributed by atoms with Crippen LogP contribution in [0.15, 0.2) is 24.7 Å². The Morgan fingerprint density at radius 1 is 1.19 bits per heavy atom. The number of nitriles is 1. The Morgan fingerprint density at radius 3 is 2.89 bits per heavy atom. The van der Waals surface area contributed by atoms with Crippen LogP contribution in [-0.4, -0.2) is 61.4 Å². The molecular formula is C19H21N7O. The summed E-state index contributed by atoms with van der Waals surface area (Å²) in [6, 6.07) is 4.36. The van der Waals surface area contributed by atoms with Crippen molar-refractivity contribution in [3.8, 4) is 6.07 Å². The number of nitrogens with zero attached hydrogens (tertiary/aromatic N) is 6. The normalized spacial score (nSPS) is 23.2. The summed E-state index contributed by atoms with van der Waals surface area (Å²) in [5, 5.41) is 9.09. The highest BCUT2D eigenvalue weighted by atomic mass is 16.2. The standard InChI is InChI=1S/C19H21N7O/c20-8-13-4-7-25(11-13)19(27)24-6-1-2-14(12-24)18-23-10-15-9-22-17-16(26(15)18)3-5-21-17/h3,5,9-10,13-14,21H,1-2,4,6-7,11-12H2/t13?,14-/m1/s1. The predicted octanol–water partition coefficient (Wildman–Crippen LogP) is 2.36. The molecule has 27 heavy (non-hydrogen) atoms. The van der Waals surface area contributed by atoms with Crippen molar-refractivity contribution in [1.29, 1.82) is 5.26 Å². The third-order valence-corrected chi connectivity index (χ3v) is 5.79. The zero-order valence-electron chi connectivity index (χ0n) is 15.0. The molecule has 138 valence electrons. The van der Waals surface area contributed by atoms with Gasteiger partial charge >= 0.3 is 6.03 Å². The number of hydrogen-bond acceptors (Lipinski definition) is 4. The molecule has 5 heterocycles. The third-order valence-electron chi connectivity index (χ3n) is 5.79. The SMILES string of the molecule is N#CC1CCN(C(=O)N2CCC[C@@H](c3ncc4cnc5[nH]ccc5n34)C2)C1. The van der Waals surface area contributed by atoms with Crippen LogP contribution in [-0.2, 0) is 0 Å². The Hall–Kier alpha value is -3.08. The number of nitrogens with one attached hydrogen (secondary N) is 1. The van der Waals surface area contributed by atoms with E-state index in [2.05, 4.69) is 25.4 Å². The van der Waals surface area contributed by atoms with Crippen LogP contribution >= 0.6 is 0 Å². The Balaban J connectivity index is 1.42. The first kappa shape index (κ1) is 16.1. The summed E-state index contributed by atoms with van der Waals surface area (Å²) in [6.45, 7) is 2.67. The van der Waals surface area contributed by atoms with Crippen molar-refractivity contribution in [3.05, 3.63) is 30.5 Å². The number of H-pyrrole nitrogens is 1. The van der Waals surface area contributed by atoms with Gasteiger partial charge in [-0.3, -0.25) is 4.40 Å². The van der Waals surface area contributed by atoms with Crippen molar-refractivity contribution in [3.63, 3.8) is 0 Å². The van der Waals surface area contributed by atoms with E-state index in [9.17, 15) is 4.79 Å². The van der Waals surface area contributed by atoms with Crippen LogP contribution in [0.1, 0.15) is 31.0 Å². The largest absolute Gasteiger partial charge is 0.345 e. The molecule has 0 aromatic carbocycles. The number of likely N-dealkylation sites (tertiary alicyclic amines) is 2. The number of rotatable bonds is 1. The molecule has 2 aliphatic rings. The first-order chi connectivity index (χ1) is 13.2. The van der Waals surface area contributed by atoms with Crippen LogP contribution in [0, 0.1) is 17.2 Å². The molecule has 8 nitrogen and oxygen atoms in total. The summed E-state index contributed by atoms with van der Waals surface area (Å²) in [5.74, 6) is 1.16. The van der Waals surface area contributed by atoms with E-state index in [0.717, 1.165) is 48.3 Å². The van der Waals surface area contributed by atoms with Crippen molar-refractivity contribution in [2.45, 2.75) is 25.2 Å². The van der Waals surface area contributed by atoms with Gasteiger partial charge in [0.15, 0.2) is 5.65 Å². The molecule has 3 aromatic heterocycles. The fraction of sp³-hybridized carbons (Fsp3) is 0.474. The Morgan fingerprint density at radius 2 is 2.04 bits per heavy atom. The Bertz CT molecular complexity index is 1050. The first-order valence-corrected chi connectivity index (χ1v) is 9.47. The topological polar surface area (TPSA) is 93.3 Å². The highest BCUT2D eigenvalue weighted by Gasteiger charge is 2.33. The van der Waals surface area contributed by atoms with Crippen LogP contribution in [0.5, 0.6) is 0 Å². The highest BCUT2D eigenvalue weighted by molar-refractivity contribution is 5.76. The second-order valence-corrected chi connectivity index (χ2v) is 7.47. The molecule has 2 saturated heterocycles. The van der Waals surface area contributed by atoms with E-state index in [-0.39, 0.29) is 17.9 Å². The van der Waals surface area contributed by atoms with E-state index in [4.69, 9.17) is 5.26 Å². The maximum atomic E-state index is 12.9. The third kappa shape index (κ3) is 2.62. The van der Waals surface area contributed by atoms with E-state index in [1.165, 1.54) is 0 Å². The van der Waals surface area contributed by atoms with E-state index >= 15 is 0 Å². The fourth-order valence-corrected chi connectivity index (χ4v) is 4.39. The molecule has 5 rings (SSSR count). The molecule has 0 bridgehead atoms. The van der Waals surface area contributed by atoms with Crippen molar-refractivity contribution in [2.75, 3.05) is 26.2 Å². The smallest absolute Gasteiger partial charge is 0.320 e. The number of aromatic amines is 1. The summed E-state index contributed by atoms with van der Waals surface area (Å²) in [4.78, 5) is 28.9. The van der Waals surface area contributed by atoms with E-state index in [0.29, 0.717) is 19.6 Å². The van der Waals surface area contributed by atoms with Gasteiger partial charge in [0.25, 0.3) is 0 Å². The number of amides is 2. The van der Waals surface area contributed by atoms with Gasteiger partial charge in [0.05, 0.1) is 35.4 Å². The first-order valence-electron chi connectivity index (χ1n) is 9.47. The number of aromatic nitrogens is 4. The molecule has 0 spiro atoms. The molecule has 0 aliphatic carbocycles. The van der Waals surface area contributed by atoms with Gasteiger partial charge in [0.1, 0.15) is 5.82 Å². The minimum absolute atomic E-state index is 0.0276. The van der Waals surface area contributed by atoms with E-state index < -0.39 is 0 Å². The van der Waals surface area contributed by atoms with Gasteiger partial charge in [-0.25, -0.2) is 14.8 Å². The lowest BCUT2D eigenvalue weighted by atomic mass is 9.97. The Kier molecular flexibility index (Phi) is 3.74. The number of imidazole rings is 1. The second kappa shape index (κ2) is 6.27. The monoisotopic (exact) mass is 363 g/mol. The maximum Gasteiger partial charge on any atom is 0.320 e. The molecule has 2 aliphatic heterocycles. The number of fused-ring (bicyclic) bond motifs is 3. The highest BCUT2D eigenvalue weighted by Crippen LogP contribution is 2.29. The number of carbonyl (C=O) groups is 1. The fourth-order valence-electron chi connectivity index (χ4n) is 4.39. The van der Waals surface area contributed by atoms with Crippen LogP contribution in [0.3, 0.4) is 0 Å². The molecule has 0 radical (unpaired) electrons. The molecule has 2 atom stereocenters. The number of hydrogen-bond donors (Lipinski definition) is 1. The average Bonchev–Trinajstić information content (AvgIpc) is 3.45. The Labute approximate surface area is 156 Å². The zero-order chi connectivity index (χ0) is 18.4. The van der Waals surface area contributed by atoms with E-state index in [1.807, 2.05) is 34.5 Å². The minimum Gasteiger partial charge on any atom is -0.345 e. The van der Waals surface area contributed by atoms with Crippen LogP contribution < -0.4 is 0 Å². The molecule has 8 heteroatoms. The van der Waals surface area contributed by atoms with Gasteiger partial charge in [-0.05, 0) is 25.3 Å². The second-order valence-electron chi connectivity index (χ2n) is 7.47. The van der Waals surface area contributed by atoms with Crippen LogP contribution in [0.4, 0.5) is 4.79 Å². The molecular weight excluding hydrogens is 342 g/mol. The molecule has 2 fully saturated rings. The van der Waals surface area contributed by atoms with Crippen LogP contribution in [0.2, 0.25) is 0 Å². The van der Waals surface area contributed by atoms with Crippen molar-refractivity contribution < 1.29 is 4.79 Å². The molecule has 1 unspecified atom stereocenters. The lowest BCUT2D eigenvalue weighted by molar-refractivity contribution is 0.145. The summed E-state index contributed by atoms with van der Waals surface area (Å²) in [6.07, 6.45) is 8.32. The molecule has 2 amide bonds. The summed E-state index contributed by atoms with van der Waals surface area (Å²) in [5.41, 5.74) is 2.82. The summed E-state index contributed by atoms with van der Waals surface area (Å²) < 4.78 is 2.15. The van der Waals surface area contributed by atoms with Gasteiger partial charge in [0.2, 0.25) is 0 Å². The lowest BCUT2D eigenvalue weighted by Crippen LogP contribution is -2.46. The number of piperidine rings is 1. The molecule has 1 N–H and O–H groups in total. The van der Waals surface area contributed by atoms with Gasteiger partial charge in [-0.1, -0.05) is 0 Å². The van der Waals surface area contributed by atoms with Gasteiger partial charge in [0, 0.05) is 38.3 Å². The van der Waals surface area contributed by atoms with E-state index in [1.54, 1.807) is 0 Å². The zero-order valence-corrected chi connectivity index (χ0v) is 15.0. The lowest BCUT2D eigenvalue weighted by Gasteiger charge is -2.34. The van der Waals surface area contributed by atoms with Gasteiger partial charge in [-0.2, -0.15) is 5.26 Å². The van der Waals surface area contributed by atoms with Crippen molar-refractivity contribution >= 4 is 22.7 Å². The molecule has 3 aromatic rings. The van der Waals surface area contributed by atoms with Gasteiger partial charge in [-0.15, -0.1) is 0 Å². The van der Waals surface area contributed by atoms with Crippen molar-refractivity contribution in [2.24, 2.45) is 5.92 Å². The summed E-state index contributed by atoms with van der Waals surface area (Å²) >= 11 is 0. The minimum atomic E-state index is -0.0276. The maximum absolute atomic E-state index is 12.9. The number of carbonyl (C=O) groups excluding carboxylic acids is 1. The average molecular weight is 363 g/mol. The number of urea groups is 1. The predicted molar refractivity (Wildman–Crippen MR) is 99.1 cm³/mol. The van der Waals surface area contributed by atoms with Crippen LogP contribution in [0.25, 0.3) is 16.7 Å².